The highest BCUT2D eigenvalue weighted by Crippen LogP contribution is 2.14. The molecule has 1 N–H and O–H groups in total. The fraction of sp³-hybridized carbons (Fsp3) is 0.250. The topological polar surface area (TPSA) is 37.8 Å². The number of hydrogen-bond donors (Lipinski definition) is 1. The van der Waals surface area contributed by atoms with E-state index in [1.807, 2.05) is 38.1 Å². The summed E-state index contributed by atoms with van der Waals surface area (Å²) in [6, 6.07) is 7.97. The summed E-state index contributed by atoms with van der Waals surface area (Å²) < 4.78 is 1.59. The molecular formula is C12H14N2O. The van der Waals surface area contributed by atoms with Crippen LogP contribution in [-0.4, -0.2) is 9.78 Å². The van der Waals surface area contributed by atoms with Gasteiger partial charge < -0.3 is 5.10 Å². The highest BCUT2D eigenvalue weighted by atomic mass is 16.1. The van der Waals surface area contributed by atoms with Crippen LogP contribution in [0.1, 0.15) is 12.5 Å². The van der Waals surface area contributed by atoms with Gasteiger partial charge in [-0.1, -0.05) is 29.8 Å². The number of nitrogens with one attached hydrogen (secondary N) is 1. The molecule has 1 aromatic carbocycles. The second-order valence-electron chi connectivity index (χ2n) is 3.60. The van der Waals surface area contributed by atoms with E-state index in [1.165, 1.54) is 5.56 Å². The van der Waals surface area contributed by atoms with E-state index in [9.17, 15) is 4.79 Å². The Labute approximate surface area is 88.4 Å². The van der Waals surface area contributed by atoms with Crippen molar-refractivity contribution in [3.8, 4) is 11.1 Å². The predicted octanol–water partition coefficient (Wildman–Crippen LogP) is 2.17. The molecule has 78 valence electrons. The highest BCUT2D eigenvalue weighted by Gasteiger charge is 2.06. The van der Waals surface area contributed by atoms with Gasteiger partial charge in [0.05, 0.1) is 5.56 Å². The average molecular weight is 202 g/mol. The van der Waals surface area contributed by atoms with Crippen molar-refractivity contribution >= 4 is 0 Å². The zero-order valence-electron chi connectivity index (χ0n) is 8.95. The zero-order chi connectivity index (χ0) is 10.8. The van der Waals surface area contributed by atoms with Crippen molar-refractivity contribution in [3.05, 3.63) is 46.4 Å². The molecule has 1 aromatic heterocycles. The smallest absolute Gasteiger partial charge is 0.274 e. The Bertz CT molecular complexity index is 505. The number of hydrogen-bond acceptors (Lipinski definition) is 1. The molecule has 0 fully saturated rings. The summed E-state index contributed by atoms with van der Waals surface area (Å²) in [6.07, 6.45) is 1.76. The van der Waals surface area contributed by atoms with E-state index in [0.717, 1.165) is 11.1 Å². The molecule has 0 saturated carbocycles. The molecule has 0 unspecified atom stereocenters. The number of aromatic amines is 1. The third kappa shape index (κ3) is 1.73. The first-order valence-corrected chi connectivity index (χ1v) is 5.07. The monoisotopic (exact) mass is 202 g/mol. The van der Waals surface area contributed by atoms with Crippen LogP contribution in [-0.2, 0) is 6.54 Å². The van der Waals surface area contributed by atoms with Gasteiger partial charge in [0.15, 0.2) is 0 Å². The molecule has 1 heterocycles. The lowest BCUT2D eigenvalue weighted by atomic mass is 10.1. The molecule has 0 radical (unpaired) electrons. The molecule has 3 heteroatoms. The van der Waals surface area contributed by atoms with Crippen LogP contribution < -0.4 is 5.56 Å². The minimum absolute atomic E-state index is 0.0429. The second kappa shape index (κ2) is 3.77. The molecule has 0 aliphatic heterocycles. The summed E-state index contributed by atoms with van der Waals surface area (Å²) in [4.78, 5) is 11.8. The molecular weight excluding hydrogens is 188 g/mol. The first-order valence-electron chi connectivity index (χ1n) is 5.07. The van der Waals surface area contributed by atoms with Gasteiger partial charge in [-0.15, -0.1) is 0 Å². The van der Waals surface area contributed by atoms with Gasteiger partial charge in [0, 0.05) is 12.7 Å². The van der Waals surface area contributed by atoms with Crippen LogP contribution >= 0.6 is 0 Å². The highest BCUT2D eigenvalue weighted by molar-refractivity contribution is 5.61. The van der Waals surface area contributed by atoms with Gasteiger partial charge >= 0.3 is 0 Å². The number of aromatic nitrogens is 2. The summed E-state index contributed by atoms with van der Waals surface area (Å²) in [5.74, 6) is 0. The Kier molecular flexibility index (Phi) is 2.46. The van der Waals surface area contributed by atoms with Gasteiger partial charge in [-0.3, -0.25) is 9.48 Å². The number of rotatable bonds is 2. The Balaban J connectivity index is 2.50. The zero-order valence-corrected chi connectivity index (χ0v) is 8.95. The van der Waals surface area contributed by atoms with E-state index in [2.05, 4.69) is 5.10 Å². The number of H-pyrrole nitrogens is 1. The Morgan fingerprint density at radius 2 is 1.93 bits per heavy atom. The SMILES string of the molecule is CCn1[nH]cc(-c2ccc(C)cc2)c1=O. The van der Waals surface area contributed by atoms with Gasteiger partial charge in [0.25, 0.3) is 5.56 Å². The summed E-state index contributed by atoms with van der Waals surface area (Å²) in [6.45, 7) is 4.65. The lowest BCUT2D eigenvalue weighted by Crippen LogP contribution is -2.16. The summed E-state index contributed by atoms with van der Waals surface area (Å²) in [5, 5.41) is 2.94. The summed E-state index contributed by atoms with van der Waals surface area (Å²) >= 11 is 0. The first-order chi connectivity index (χ1) is 7.22. The van der Waals surface area contributed by atoms with Crippen molar-refractivity contribution in [1.29, 1.82) is 0 Å². The molecule has 0 amide bonds. The van der Waals surface area contributed by atoms with Crippen LogP contribution in [0.5, 0.6) is 0 Å². The van der Waals surface area contributed by atoms with Crippen LogP contribution in [0.4, 0.5) is 0 Å². The Morgan fingerprint density at radius 3 is 2.47 bits per heavy atom. The van der Waals surface area contributed by atoms with Crippen LogP contribution in [0.3, 0.4) is 0 Å². The molecule has 15 heavy (non-hydrogen) atoms. The summed E-state index contributed by atoms with van der Waals surface area (Å²) in [7, 11) is 0. The van der Waals surface area contributed by atoms with Gasteiger partial charge in [0.1, 0.15) is 0 Å². The largest absolute Gasteiger partial charge is 0.302 e. The van der Waals surface area contributed by atoms with Gasteiger partial charge in [0.2, 0.25) is 0 Å². The van der Waals surface area contributed by atoms with Crippen molar-refractivity contribution in [1.82, 2.24) is 9.78 Å². The quantitative estimate of drug-likeness (QED) is 0.796. The third-order valence-corrected chi connectivity index (χ3v) is 2.52. The molecule has 2 rings (SSSR count). The maximum Gasteiger partial charge on any atom is 0.274 e. The lowest BCUT2D eigenvalue weighted by Gasteiger charge is -1.96. The second-order valence-corrected chi connectivity index (χ2v) is 3.60. The molecule has 0 aliphatic rings. The molecule has 0 aliphatic carbocycles. The number of aryl methyl sites for hydroxylation is 2. The fourth-order valence-electron chi connectivity index (χ4n) is 1.58. The molecule has 3 nitrogen and oxygen atoms in total. The molecule has 0 atom stereocenters. The first kappa shape index (κ1) is 9.77. The van der Waals surface area contributed by atoms with Gasteiger partial charge in [-0.05, 0) is 19.4 Å². The van der Waals surface area contributed by atoms with E-state index in [1.54, 1.807) is 10.9 Å². The van der Waals surface area contributed by atoms with Crippen LogP contribution in [0, 0.1) is 6.92 Å². The maximum absolute atomic E-state index is 11.8. The van der Waals surface area contributed by atoms with E-state index in [0.29, 0.717) is 6.54 Å². The van der Waals surface area contributed by atoms with Crippen molar-refractivity contribution in [2.24, 2.45) is 0 Å². The predicted molar refractivity (Wildman–Crippen MR) is 60.9 cm³/mol. The number of benzene rings is 1. The minimum Gasteiger partial charge on any atom is -0.302 e. The van der Waals surface area contributed by atoms with Crippen molar-refractivity contribution < 1.29 is 0 Å². The summed E-state index contributed by atoms with van der Waals surface area (Å²) in [5.41, 5.74) is 2.94. The van der Waals surface area contributed by atoms with Crippen molar-refractivity contribution in [2.75, 3.05) is 0 Å². The van der Waals surface area contributed by atoms with Crippen molar-refractivity contribution in [2.45, 2.75) is 20.4 Å². The minimum atomic E-state index is 0.0429. The van der Waals surface area contributed by atoms with Crippen LogP contribution in [0.25, 0.3) is 11.1 Å². The van der Waals surface area contributed by atoms with Crippen LogP contribution in [0.2, 0.25) is 0 Å². The molecule has 0 bridgehead atoms. The Morgan fingerprint density at radius 1 is 1.27 bits per heavy atom. The third-order valence-electron chi connectivity index (χ3n) is 2.52. The molecule has 2 aromatic rings. The number of nitrogens with zero attached hydrogens (tertiary/aromatic N) is 1. The van der Waals surface area contributed by atoms with E-state index >= 15 is 0 Å². The lowest BCUT2D eigenvalue weighted by molar-refractivity contribution is 0.638. The van der Waals surface area contributed by atoms with Crippen molar-refractivity contribution in [3.63, 3.8) is 0 Å². The average Bonchev–Trinajstić information content (AvgIpc) is 2.61. The van der Waals surface area contributed by atoms with E-state index in [4.69, 9.17) is 0 Å². The molecule has 0 spiro atoms. The fourth-order valence-corrected chi connectivity index (χ4v) is 1.58. The van der Waals surface area contributed by atoms with Crippen LogP contribution in [0.15, 0.2) is 35.3 Å². The standard InChI is InChI=1S/C12H14N2O/c1-3-14-12(15)11(8-13-14)10-6-4-9(2)5-7-10/h4-8,13H,3H2,1-2H3. The Hall–Kier alpha value is -1.77. The maximum atomic E-state index is 11.8. The van der Waals surface area contributed by atoms with E-state index in [-0.39, 0.29) is 5.56 Å². The van der Waals surface area contributed by atoms with Gasteiger partial charge in [-0.2, -0.15) is 0 Å². The molecule has 0 saturated heterocycles. The normalized spacial score (nSPS) is 10.5. The van der Waals surface area contributed by atoms with E-state index < -0.39 is 0 Å². The van der Waals surface area contributed by atoms with Gasteiger partial charge in [-0.25, -0.2) is 0 Å².